The number of benzene rings is 2. The minimum atomic E-state index is -0.534. The van der Waals surface area contributed by atoms with E-state index in [-0.39, 0.29) is 12.3 Å². The Morgan fingerprint density at radius 2 is 1.85 bits per heavy atom. The van der Waals surface area contributed by atoms with Crippen molar-refractivity contribution >= 4 is 23.5 Å². The van der Waals surface area contributed by atoms with Crippen LogP contribution < -0.4 is 15.4 Å². The number of carbonyl (C=O) groups is 3. The summed E-state index contributed by atoms with van der Waals surface area (Å²) in [5.74, 6) is -0.695. The molecule has 0 saturated heterocycles. The average Bonchev–Trinajstić information content (AvgIpc) is 2.66. The molecule has 0 atom stereocenters. The maximum absolute atomic E-state index is 12.0. The van der Waals surface area contributed by atoms with Gasteiger partial charge in [-0.1, -0.05) is 23.8 Å². The highest BCUT2D eigenvalue weighted by molar-refractivity contribution is 5.97. The lowest BCUT2D eigenvalue weighted by molar-refractivity contribution is -0.146. The van der Waals surface area contributed by atoms with Crippen molar-refractivity contribution in [3.05, 3.63) is 59.2 Å². The molecule has 0 fully saturated rings. The van der Waals surface area contributed by atoms with Crippen LogP contribution in [0.4, 0.5) is 5.69 Å². The summed E-state index contributed by atoms with van der Waals surface area (Å²) in [6, 6.07) is 12.0. The first-order valence-electron chi connectivity index (χ1n) is 8.34. The van der Waals surface area contributed by atoms with E-state index in [2.05, 4.69) is 10.6 Å². The van der Waals surface area contributed by atoms with E-state index >= 15 is 0 Å². The smallest absolute Gasteiger partial charge is 0.310 e. The summed E-state index contributed by atoms with van der Waals surface area (Å²) in [6.45, 7) is 1.49. The second kappa shape index (κ2) is 9.38. The monoisotopic (exact) mass is 370 g/mol. The third-order valence-electron chi connectivity index (χ3n) is 3.77. The fourth-order valence-corrected chi connectivity index (χ4v) is 2.48. The number of anilines is 1. The SMILES string of the molecule is CNC(=O)c1cccc(NC(=O)COC(=O)Cc2cc(C)ccc2OC)c1. The molecule has 2 N–H and O–H groups in total. The normalized spacial score (nSPS) is 10.0. The van der Waals surface area contributed by atoms with Gasteiger partial charge in [0.25, 0.3) is 11.8 Å². The second-order valence-electron chi connectivity index (χ2n) is 5.86. The van der Waals surface area contributed by atoms with Crippen LogP contribution in [0.2, 0.25) is 0 Å². The lowest BCUT2D eigenvalue weighted by Crippen LogP contribution is -2.22. The molecule has 0 bridgehead atoms. The molecule has 2 amide bonds. The van der Waals surface area contributed by atoms with Crippen LogP contribution >= 0.6 is 0 Å². The van der Waals surface area contributed by atoms with Crippen molar-refractivity contribution in [2.24, 2.45) is 0 Å². The summed E-state index contributed by atoms with van der Waals surface area (Å²) in [4.78, 5) is 35.6. The largest absolute Gasteiger partial charge is 0.496 e. The molecule has 7 nitrogen and oxygen atoms in total. The number of hydrogen-bond acceptors (Lipinski definition) is 5. The molecule has 0 spiro atoms. The Hall–Kier alpha value is -3.35. The number of aryl methyl sites for hydroxylation is 1. The number of amides is 2. The average molecular weight is 370 g/mol. The van der Waals surface area contributed by atoms with E-state index in [4.69, 9.17) is 9.47 Å². The number of methoxy groups -OCH3 is 1. The van der Waals surface area contributed by atoms with E-state index in [1.165, 1.54) is 20.2 Å². The third-order valence-corrected chi connectivity index (χ3v) is 3.77. The summed E-state index contributed by atoms with van der Waals surface area (Å²) in [7, 11) is 3.05. The van der Waals surface area contributed by atoms with Crippen molar-refractivity contribution in [3.63, 3.8) is 0 Å². The van der Waals surface area contributed by atoms with Crippen LogP contribution in [0, 0.1) is 6.92 Å². The third kappa shape index (κ3) is 5.85. The molecule has 0 heterocycles. The Kier molecular flexibility index (Phi) is 6.93. The van der Waals surface area contributed by atoms with Gasteiger partial charge < -0.3 is 20.1 Å². The maximum atomic E-state index is 12.0. The Balaban J connectivity index is 1.89. The number of carbonyl (C=O) groups excluding carboxylic acids is 3. The van der Waals surface area contributed by atoms with E-state index < -0.39 is 18.5 Å². The molecule has 2 aromatic rings. The van der Waals surface area contributed by atoms with Crippen LogP contribution in [0.25, 0.3) is 0 Å². The molecule has 0 aliphatic heterocycles. The predicted molar refractivity (Wildman–Crippen MR) is 101 cm³/mol. The number of nitrogens with one attached hydrogen (secondary N) is 2. The van der Waals surface area contributed by atoms with Gasteiger partial charge in [-0.25, -0.2) is 0 Å². The first-order valence-corrected chi connectivity index (χ1v) is 8.34. The lowest BCUT2D eigenvalue weighted by atomic mass is 10.1. The summed E-state index contributed by atoms with van der Waals surface area (Å²) < 4.78 is 10.3. The molecule has 0 aliphatic carbocycles. The first-order chi connectivity index (χ1) is 12.9. The van der Waals surface area contributed by atoms with Gasteiger partial charge in [0, 0.05) is 23.9 Å². The minimum Gasteiger partial charge on any atom is -0.496 e. The number of ether oxygens (including phenoxy) is 2. The molecule has 0 aliphatic rings. The summed E-state index contributed by atoms with van der Waals surface area (Å²) in [5.41, 5.74) is 2.55. The van der Waals surface area contributed by atoms with Crippen molar-refractivity contribution in [1.29, 1.82) is 0 Å². The van der Waals surface area contributed by atoms with Gasteiger partial charge in [0.1, 0.15) is 5.75 Å². The van der Waals surface area contributed by atoms with Crippen LogP contribution in [-0.2, 0) is 20.7 Å². The molecule has 0 saturated carbocycles. The summed E-state index contributed by atoms with van der Waals surface area (Å²) in [6.07, 6.45) is 0.00426. The molecule has 2 aromatic carbocycles. The molecular formula is C20H22N2O5. The fourth-order valence-electron chi connectivity index (χ4n) is 2.48. The molecule has 7 heteroatoms. The number of esters is 1. The molecule has 0 unspecified atom stereocenters. The zero-order chi connectivity index (χ0) is 19.8. The quantitative estimate of drug-likeness (QED) is 0.728. The highest BCUT2D eigenvalue weighted by Crippen LogP contribution is 2.20. The van der Waals surface area contributed by atoms with Crippen molar-refractivity contribution in [2.75, 3.05) is 26.1 Å². The zero-order valence-electron chi connectivity index (χ0n) is 15.5. The van der Waals surface area contributed by atoms with Gasteiger partial charge in [-0.05, 0) is 31.2 Å². The van der Waals surface area contributed by atoms with Crippen LogP contribution in [0.3, 0.4) is 0 Å². The highest BCUT2D eigenvalue weighted by Gasteiger charge is 2.13. The Morgan fingerprint density at radius 1 is 1.07 bits per heavy atom. The standard InChI is InChI=1S/C20H22N2O5/c1-13-7-8-17(26-3)15(9-13)11-19(24)27-12-18(23)22-16-6-4-5-14(10-16)20(25)21-2/h4-10H,11-12H2,1-3H3,(H,21,25)(H,22,23). The molecule has 0 aromatic heterocycles. The predicted octanol–water partition coefficient (Wildman–Crippen LogP) is 2.09. The number of hydrogen-bond donors (Lipinski definition) is 2. The van der Waals surface area contributed by atoms with Crippen LogP contribution in [-0.4, -0.2) is 38.5 Å². The molecule has 27 heavy (non-hydrogen) atoms. The van der Waals surface area contributed by atoms with Crippen molar-refractivity contribution in [1.82, 2.24) is 5.32 Å². The van der Waals surface area contributed by atoms with Gasteiger partial charge in [-0.15, -0.1) is 0 Å². The van der Waals surface area contributed by atoms with Gasteiger partial charge in [0.05, 0.1) is 13.5 Å². The van der Waals surface area contributed by atoms with E-state index in [0.29, 0.717) is 22.6 Å². The van der Waals surface area contributed by atoms with Crippen LogP contribution in [0.5, 0.6) is 5.75 Å². The Morgan fingerprint density at radius 3 is 2.56 bits per heavy atom. The summed E-state index contributed by atoms with van der Waals surface area (Å²) >= 11 is 0. The zero-order valence-corrected chi connectivity index (χ0v) is 15.5. The summed E-state index contributed by atoms with van der Waals surface area (Å²) in [5, 5.41) is 5.10. The van der Waals surface area contributed by atoms with Crippen LogP contribution in [0.15, 0.2) is 42.5 Å². The molecule has 142 valence electrons. The Labute approximate surface area is 157 Å². The van der Waals surface area contributed by atoms with Gasteiger partial charge in [0.15, 0.2) is 6.61 Å². The first kappa shape index (κ1) is 20.0. The minimum absolute atomic E-state index is 0.00426. The second-order valence-corrected chi connectivity index (χ2v) is 5.86. The van der Waals surface area contributed by atoms with E-state index in [1.54, 1.807) is 24.3 Å². The maximum Gasteiger partial charge on any atom is 0.310 e. The molecular weight excluding hydrogens is 348 g/mol. The van der Waals surface area contributed by atoms with E-state index in [9.17, 15) is 14.4 Å². The fraction of sp³-hybridized carbons (Fsp3) is 0.250. The van der Waals surface area contributed by atoms with Gasteiger partial charge in [-0.2, -0.15) is 0 Å². The van der Waals surface area contributed by atoms with Crippen LogP contribution in [0.1, 0.15) is 21.5 Å². The Bertz CT molecular complexity index is 848. The lowest BCUT2D eigenvalue weighted by Gasteiger charge is -2.10. The van der Waals surface area contributed by atoms with Crippen molar-refractivity contribution in [3.8, 4) is 5.75 Å². The number of rotatable bonds is 7. The van der Waals surface area contributed by atoms with Crippen molar-refractivity contribution in [2.45, 2.75) is 13.3 Å². The molecule has 0 radical (unpaired) electrons. The van der Waals surface area contributed by atoms with Gasteiger partial charge >= 0.3 is 5.97 Å². The van der Waals surface area contributed by atoms with Gasteiger partial charge in [0.2, 0.25) is 0 Å². The van der Waals surface area contributed by atoms with Gasteiger partial charge in [-0.3, -0.25) is 14.4 Å². The highest BCUT2D eigenvalue weighted by atomic mass is 16.5. The van der Waals surface area contributed by atoms with E-state index in [1.807, 2.05) is 19.1 Å². The molecule has 2 rings (SSSR count). The van der Waals surface area contributed by atoms with Crippen molar-refractivity contribution < 1.29 is 23.9 Å². The van der Waals surface area contributed by atoms with E-state index in [0.717, 1.165) is 5.56 Å². The topological polar surface area (TPSA) is 93.7 Å².